The molecule has 12 heteroatoms. The standard InChI is InChI=1S/C20H14ClN7O2S2/c21-13-4-2-1-3-12(13)17-23-14-8-15(29)25-27(14)19(24-17)31-9-11-7-16(30)28-20(22-11)32-18(26-28)10-5-6-10/h1-4,7-8,10H,5-6,9H2,(H,25,29). The average molecular weight is 484 g/mol. The SMILES string of the molecule is O=c1cc2nc(-c3ccccc3Cl)nc(SCc3cc(=O)n4nc(C5CC5)sc4n3)n2[nH]1. The van der Waals surface area contributed by atoms with Crippen LogP contribution >= 0.6 is 34.7 Å². The summed E-state index contributed by atoms with van der Waals surface area (Å²) in [6.45, 7) is 0. The molecule has 0 aliphatic heterocycles. The lowest BCUT2D eigenvalue weighted by molar-refractivity contribution is 0.766. The zero-order chi connectivity index (χ0) is 21.8. The number of rotatable bonds is 5. The fourth-order valence-electron chi connectivity index (χ4n) is 3.32. The maximum absolute atomic E-state index is 12.5. The van der Waals surface area contributed by atoms with Crippen LogP contribution < -0.4 is 11.1 Å². The molecule has 0 saturated heterocycles. The van der Waals surface area contributed by atoms with Gasteiger partial charge in [0, 0.05) is 29.4 Å². The fourth-order valence-corrected chi connectivity index (χ4v) is 5.48. The maximum atomic E-state index is 12.5. The molecule has 1 aromatic carbocycles. The molecule has 0 unspecified atom stereocenters. The van der Waals surface area contributed by atoms with Gasteiger partial charge in [-0.15, -0.1) is 0 Å². The first-order chi connectivity index (χ1) is 15.5. The third kappa shape index (κ3) is 3.51. The summed E-state index contributed by atoms with van der Waals surface area (Å²) < 4.78 is 2.89. The highest BCUT2D eigenvalue weighted by Gasteiger charge is 2.28. The van der Waals surface area contributed by atoms with Crippen molar-refractivity contribution in [3.63, 3.8) is 0 Å². The van der Waals surface area contributed by atoms with E-state index in [0.717, 1.165) is 17.8 Å². The van der Waals surface area contributed by atoms with Gasteiger partial charge in [0.25, 0.3) is 11.1 Å². The van der Waals surface area contributed by atoms with Crippen molar-refractivity contribution in [3.05, 3.63) is 72.8 Å². The lowest BCUT2D eigenvalue weighted by Gasteiger charge is -2.08. The molecule has 1 aliphatic rings. The van der Waals surface area contributed by atoms with Crippen molar-refractivity contribution in [1.82, 2.24) is 34.2 Å². The molecule has 4 aromatic heterocycles. The molecule has 5 aromatic rings. The smallest absolute Gasteiger partial charge is 0.268 e. The minimum Gasteiger partial charge on any atom is -0.268 e. The van der Waals surface area contributed by atoms with Crippen LogP contribution in [0.4, 0.5) is 0 Å². The Labute approximate surface area is 193 Å². The zero-order valence-electron chi connectivity index (χ0n) is 16.4. The van der Waals surface area contributed by atoms with E-state index >= 15 is 0 Å². The first-order valence-corrected chi connectivity index (χ1v) is 12.0. The molecule has 4 heterocycles. The van der Waals surface area contributed by atoms with Gasteiger partial charge in [-0.25, -0.2) is 19.5 Å². The van der Waals surface area contributed by atoms with E-state index in [9.17, 15) is 9.59 Å². The predicted octanol–water partition coefficient (Wildman–Crippen LogP) is 3.37. The van der Waals surface area contributed by atoms with Crippen LogP contribution in [0, 0.1) is 0 Å². The van der Waals surface area contributed by atoms with E-state index in [4.69, 9.17) is 11.6 Å². The van der Waals surface area contributed by atoms with Crippen LogP contribution in [-0.2, 0) is 5.75 Å². The second-order valence-corrected chi connectivity index (χ2v) is 9.74. The predicted molar refractivity (Wildman–Crippen MR) is 123 cm³/mol. The van der Waals surface area contributed by atoms with Gasteiger partial charge in [-0.05, 0) is 25.0 Å². The number of fused-ring (bicyclic) bond motifs is 2. The number of H-pyrrole nitrogens is 1. The van der Waals surface area contributed by atoms with Gasteiger partial charge in [0.05, 0.1) is 10.7 Å². The summed E-state index contributed by atoms with van der Waals surface area (Å²) in [5.74, 6) is 1.26. The summed E-state index contributed by atoms with van der Waals surface area (Å²) in [7, 11) is 0. The molecular weight excluding hydrogens is 470 g/mol. The zero-order valence-corrected chi connectivity index (χ0v) is 18.7. The van der Waals surface area contributed by atoms with E-state index < -0.39 is 0 Å². The van der Waals surface area contributed by atoms with Crippen LogP contribution in [0.15, 0.2) is 51.1 Å². The normalized spacial score (nSPS) is 13.9. The number of nitrogens with zero attached hydrogens (tertiary/aromatic N) is 6. The summed E-state index contributed by atoms with van der Waals surface area (Å²) in [5.41, 5.74) is 1.23. The molecule has 9 nitrogen and oxygen atoms in total. The van der Waals surface area contributed by atoms with Crippen LogP contribution in [0.5, 0.6) is 0 Å². The molecule has 0 bridgehead atoms. The number of hydrogen-bond donors (Lipinski definition) is 1. The van der Waals surface area contributed by atoms with Crippen molar-refractivity contribution in [1.29, 1.82) is 0 Å². The van der Waals surface area contributed by atoms with E-state index in [1.165, 1.54) is 44.3 Å². The van der Waals surface area contributed by atoms with Crippen LogP contribution in [0.2, 0.25) is 5.02 Å². The first-order valence-electron chi connectivity index (χ1n) is 9.82. The quantitative estimate of drug-likeness (QED) is 0.381. The number of aromatic nitrogens is 7. The van der Waals surface area contributed by atoms with Gasteiger partial charge in [-0.3, -0.25) is 14.7 Å². The Balaban J connectivity index is 1.37. The molecule has 32 heavy (non-hydrogen) atoms. The van der Waals surface area contributed by atoms with E-state index in [0.29, 0.717) is 49.5 Å². The van der Waals surface area contributed by atoms with Crippen LogP contribution in [0.25, 0.3) is 22.0 Å². The van der Waals surface area contributed by atoms with Crippen molar-refractivity contribution in [3.8, 4) is 11.4 Å². The van der Waals surface area contributed by atoms with Gasteiger partial charge in [0.1, 0.15) is 5.01 Å². The molecule has 0 amide bonds. The number of hydrogen-bond acceptors (Lipinski definition) is 8. The Morgan fingerprint density at radius 2 is 2.00 bits per heavy atom. The van der Waals surface area contributed by atoms with Gasteiger partial charge < -0.3 is 0 Å². The summed E-state index contributed by atoms with van der Waals surface area (Å²) in [4.78, 5) is 38.8. The number of benzene rings is 1. The molecule has 160 valence electrons. The lowest BCUT2D eigenvalue weighted by Crippen LogP contribution is -2.15. The average Bonchev–Trinajstić information content (AvgIpc) is 3.41. The Bertz CT molecular complexity index is 1620. The Morgan fingerprint density at radius 1 is 1.16 bits per heavy atom. The molecule has 1 saturated carbocycles. The lowest BCUT2D eigenvalue weighted by atomic mass is 10.2. The summed E-state index contributed by atoms with van der Waals surface area (Å²) in [6, 6.07) is 10.2. The third-order valence-corrected chi connectivity index (χ3v) is 7.40. The molecule has 1 fully saturated rings. The van der Waals surface area contributed by atoms with Crippen LogP contribution in [0.3, 0.4) is 0 Å². The van der Waals surface area contributed by atoms with E-state index in [1.807, 2.05) is 18.2 Å². The molecule has 1 aliphatic carbocycles. The van der Waals surface area contributed by atoms with E-state index in [2.05, 4.69) is 25.1 Å². The van der Waals surface area contributed by atoms with Crippen LogP contribution in [0.1, 0.15) is 29.5 Å². The van der Waals surface area contributed by atoms with E-state index in [-0.39, 0.29) is 11.1 Å². The van der Waals surface area contributed by atoms with Gasteiger partial charge in [0.15, 0.2) is 16.6 Å². The van der Waals surface area contributed by atoms with Crippen molar-refractivity contribution >= 4 is 45.3 Å². The van der Waals surface area contributed by atoms with Gasteiger partial charge in [-0.1, -0.05) is 46.8 Å². The number of halogens is 1. The second-order valence-electron chi connectivity index (χ2n) is 7.41. The highest BCUT2D eigenvalue weighted by atomic mass is 35.5. The minimum atomic E-state index is -0.285. The Hall–Kier alpha value is -3.02. The molecule has 0 radical (unpaired) electrons. The first kappa shape index (κ1) is 19.6. The number of thioether (sulfide) groups is 1. The monoisotopic (exact) mass is 483 g/mol. The topological polar surface area (TPSA) is 110 Å². The summed E-state index contributed by atoms with van der Waals surface area (Å²) >= 11 is 9.14. The fraction of sp³-hybridized carbons (Fsp3) is 0.200. The Morgan fingerprint density at radius 3 is 2.81 bits per heavy atom. The highest BCUT2D eigenvalue weighted by Crippen LogP contribution is 2.41. The summed E-state index contributed by atoms with van der Waals surface area (Å²) in [5, 5.41) is 9.11. The molecular formula is C20H14ClN7O2S2. The molecule has 1 N–H and O–H groups in total. The molecule has 0 spiro atoms. The maximum Gasteiger partial charge on any atom is 0.275 e. The molecule has 0 atom stereocenters. The number of nitrogens with one attached hydrogen (secondary N) is 1. The Kier molecular flexibility index (Phi) is 4.63. The van der Waals surface area contributed by atoms with Crippen molar-refractivity contribution in [2.24, 2.45) is 0 Å². The highest BCUT2D eigenvalue weighted by molar-refractivity contribution is 7.98. The van der Waals surface area contributed by atoms with Gasteiger partial charge in [-0.2, -0.15) is 9.61 Å². The number of aromatic amines is 1. The second kappa shape index (κ2) is 7.54. The van der Waals surface area contributed by atoms with Crippen molar-refractivity contribution in [2.45, 2.75) is 29.7 Å². The largest absolute Gasteiger partial charge is 0.275 e. The van der Waals surface area contributed by atoms with Crippen molar-refractivity contribution in [2.75, 3.05) is 0 Å². The minimum absolute atomic E-state index is 0.201. The molecule has 6 rings (SSSR count). The van der Waals surface area contributed by atoms with Gasteiger partial charge >= 0.3 is 0 Å². The van der Waals surface area contributed by atoms with Crippen LogP contribution in [-0.4, -0.2) is 34.2 Å². The van der Waals surface area contributed by atoms with E-state index in [1.54, 1.807) is 6.07 Å². The van der Waals surface area contributed by atoms with Crippen molar-refractivity contribution < 1.29 is 0 Å². The third-order valence-electron chi connectivity index (χ3n) is 5.03. The summed E-state index contributed by atoms with van der Waals surface area (Å²) in [6.07, 6.45) is 2.23. The van der Waals surface area contributed by atoms with Gasteiger partial charge in [0.2, 0.25) is 4.96 Å².